The van der Waals surface area contributed by atoms with E-state index < -0.39 is 0 Å². The molecule has 2 N–H and O–H groups in total. The molecule has 1 unspecified atom stereocenters. The fourth-order valence-electron chi connectivity index (χ4n) is 2.61. The molecule has 0 aliphatic carbocycles. The summed E-state index contributed by atoms with van der Waals surface area (Å²) < 4.78 is 0. The molecule has 0 spiro atoms. The third kappa shape index (κ3) is 2.03. The second kappa shape index (κ2) is 4.96. The molecule has 1 aromatic carbocycles. The van der Waals surface area contributed by atoms with Crippen LogP contribution in [0.15, 0.2) is 24.4 Å². The maximum Gasteiger partial charge on any atom is 0.254 e. The van der Waals surface area contributed by atoms with E-state index in [0.717, 1.165) is 10.9 Å². The number of benzene rings is 1. The average Bonchev–Trinajstić information content (AvgIpc) is 2.93. The monoisotopic (exact) mass is 272 g/mol. The lowest BCUT2D eigenvalue weighted by atomic mass is 10.1. The molecule has 1 fully saturated rings. The Kier molecular flexibility index (Phi) is 3.14. The summed E-state index contributed by atoms with van der Waals surface area (Å²) in [6, 6.07) is 5.03. The summed E-state index contributed by atoms with van der Waals surface area (Å²) in [7, 11) is 0. The smallest absolute Gasteiger partial charge is 0.254 e. The molecule has 2 heterocycles. The van der Waals surface area contributed by atoms with Crippen molar-refractivity contribution in [1.82, 2.24) is 20.4 Å². The molecule has 6 nitrogen and oxygen atoms in total. The van der Waals surface area contributed by atoms with Crippen molar-refractivity contribution in [3.63, 3.8) is 0 Å². The van der Waals surface area contributed by atoms with Crippen LogP contribution in [-0.2, 0) is 4.79 Å². The Hall–Kier alpha value is -2.37. The molecule has 2 aromatic rings. The van der Waals surface area contributed by atoms with E-state index in [9.17, 15) is 9.59 Å². The van der Waals surface area contributed by atoms with Crippen molar-refractivity contribution in [2.45, 2.75) is 19.4 Å². The first kappa shape index (κ1) is 12.7. The standard InChI is InChI=1S/C14H16N4O2/c1-2-12-13(19)15-5-6-18(12)14(20)9-3-4-11-10(7-9)8-16-17-11/h3-4,7-8,12H,2,5-6H2,1H3,(H,15,19)(H,16,17). The zero-order valence-corrected chi connectivity index (χ0v) is 11.2. The van der Waals surface area contributed by atoms with E-state index in [1.807, 2.05) is 13.0 Å². The van der Waals surface area contributed by atoms with Gasteiger partial charge in [0.25, 0.3) is 5.91 Å². The van der Waals surface area contributed by atoms with Gasteiger partial charge in [-0.25, -0.2) is 0 Å². The summed E-state index contributed by atoms with van der Waals surface area (Å²) >= 11 is 0. The number of hydrogen-bond acceptors (Lipinski definition) is 3. The van der Waals surface area contributed by atoms with Crippen LogP contribution in [0.5, 0.6) is 0 Å². The molecular weight excluding hydrogens is 256 g/mol. The summed E-state index contributed by atoms with van der Waals surface area (Å²) in [5, 5.41) is 10.5. The number of hydrogen-bond donors (Lipinski definition) is 2. The number of carbonyl (C=O) groups is 2. The molecular formula is C14H16N4O2. The topological polar surface area (TPSA) is 78.1 Å². The second-order valence-corrected chi connectivity index (χ2v) is 4.89. The predicted octanol–water partition coefficient (Wildman–Crippen LogP) is 0.913. The third-order valence-corrected chi connectivity index (χ3v) is 3.67. The summed E-state index contributed by atoms with van der Waals surface area (Å²) in [5.41, 5.74) is 1.48. The Balaban J connectivity index is 1.92. The van der Waals surface area contributed by atoms with E-state index >= 15 is 0 Å². The highest BCUT2D eigenvalue weighted by atomic mass is 16.2. The van der Waals surface area contributed by atoms with Crippen molar-refractivity contribution < 1.29 is 9.59 Å². The molecule has 3 rings (SSSR count). The molecule has 20 heavy (non-hydrogen) atoms. The van der Waals surface area contributed by atoms with Gasteiger partial charge < -0.3 is 10.2 Å². The SMILES string of the molecule is CCC1C(=O)NCCN1C(=O)c1ccc2[nH]ncc2c1. The van der Waals surface area contributed by atoms with Gasteiger partial charge in [-0.05, 0) is 24.6 Å². The van der Waals surface area contributed by atoms with Crippen molar-refractivity contribution in [2.24, 2.45) is 0 Å². The molecule has 6 heteroatoms. The Bertz CT molecular complexity index is 664. The molecule has 2 amide bonds. The van der Waals surface area contributed by atoms with Gasteiger partial charge in [-0.1, -0.05) is 6.92 Å². The normalized spacial score (nSPS) is 19.1. The molecule has 1 aliphatic rings. The number of nitrogens with zero attached hydrogens (tertiary/aromatic N) is 2. The largest absolute Gasteiger partial charge is 0.353 e. The van der Waals surface area contributed by atoms with Gasteiger partial charge in [0.15, 0.2) is 0 Å². The van der Waals surface area contributed by atoms with Crippen molar-refractivity contribution in [3.8, 4) is 0 Å². The van der Waals surface area contributed by atoms with E-state index in [1.54, 1.807) is 23.2 Å². The highest BCUT2D eigenvalue weighted by molar-refractivity contribution is 6.00. The predicted molar refractivity (Wildman–Crippen MR) is 74.2 cm³/mol. The van der Waals surface area contributed by atoms with Crippen LogP contribution in [-0.4, -0.2) is 46.0 Å². The zero-order valence-electron chi connectivity index (χ0n) is 11.2. The van der Waals surface area contributed by atoms with Gasteiger partial charge in [0.05, 0.1) is 11.7 Å². The van der Waals surface area contributed by atoms with Crippen LogP contribution < -0.4 is 5.32 Å². The van der Waals surface area contributed by atoms with Gasteiger partial charge in [-0.2, -0.15) is 5.10 Å². The Labute approximate surface area is 116 Å². The van der Waals surface area contributed by atoms with Gasteiger partial charge in [-0.3, -0.25) is 14.7 Å². The van der Waals surface area contributed by atoms with Gasteiger partial charge in [0.2, 0.25) is 5.91 Å². The number of rotatable bonds is 2. The van der Waals surface area contributed by atoms with E-state index in [2.05, 4.69) is 15.5 Å². The van der Waals surface area contributed by atoms with Gasteiger partial charge in [0.1, 0.15) is 6.04 Å². The van der Waals surface area contributed by atoms with Crippen molar-refractivity contribution in [3.05, 3.63) is 30.0 Å². The highest BCUT2D eigenvalue weighted by Crippen LogP contribution is 2.17. The van der Waals surface area contributed by atoms with Crippen LogP contribution in [0.2, 0.25) is 0 Å². The van der Waals surface area contributed by atoms with Gasteiger partial charge >= 0.3 is 0 Å². The zero-order chi connectivity index (χ0) is 14.1. The van der Waals surface area contributed by atoms with Crippen molar-refractivity contribution >= 4 is 22.7 Å². The van der Waals surface area contributed by atoms with Crippen LogP contribution in [0.4, 0.5) is 0 Å². The number of piperazine rings is 1. The summed E-state index contributed by atoms with van der Waals surface area (Å²) in [6.07, 6.45) is 2.30. The highest BCUT2D eigenvalue weighted by Gasteiger charge is 2.32. The van der Waals surface area contributed by atoms with Crippen LogP contribution in [0.25, 0.3) is 10.9 Å². The minimum absolute atomic E-state index is 0.0727. The maximum absolute atomic E-state index is 12.6. The van der Waals surface area contributed by atoms with Crippen LogP contribution in [0, 0.1) is 0 Å². The minimum Gasteiger partial charge on any atom is -0.353 e. The minimum atomic E-state index is -0.378. The molecule has 1 atom stereocenters. The first-order valence-corrected chi connectivity index (χ1v) is 6.72. The second-order valence-electron chi connectivity index (χ2n) is 4.89. The molecule has 0 bridgehead atoms. The number of aromatic nitrogens is 2. The Morgan fingerprint density at radius 1 is 1.50 bits per heavy atom. The molecule has 1 saturated heterocycles. The van der Waals surface area contributed by atoms with E-state index in [0.29, 0.717) is 25.1 Å². The quantitative estimate of drug-likeness (QED) is 0.853. The summed E-state index contributed by atoms with van der Waals surface area (Å²) in [5.74, 6) is -0.175. The number of nitrogens with one attached hydrogen (secondary N) is 2. The van der Waals surface area contributed by atoms with E-state index in [1.165, 1.54) is 0 Å². The lowest BCUT2D eigenvalue weighted by molar-refractivity contribution is -0.127. The third-order valence-electron chi connectivity index (χ3n) is 3.67. The Morgan fingerprint density at radius 2 is 2.35 bits per heavy atom. The lowest BCUT2D eigenvalue weighted by Crippen LogP contribution is -2.56. The van der Waals surface area contributed by atoms with Crippen molar-refractivity contribution in [1.29, 1.82) is 0 Å². The molecule has 1 aliphatic heterocycles. The Morgan fingerprint density at radius 3 is 3.15 bits per heavy atom. The summed E-state index contributed by atoms with van der Waals surface area (Å²) in [6.45, 7) is 2.97. The number of fused-ring (bicyclic) bond motifs is 1. The van der Waals surface area contributed by atoms with Gasteiger partial charge in [-0.15, -0.1) is 0 Å². The number of H-pyrrole nitrogens is 1. The van der Waals surface area contributed by atoms with Crippen LogP contribution in [0.3, 0.4) is 0 Å². The van der Waals surface area contributed by atoms with Crippen LogP contribution >= 0.6 is 0 Å². The number of amides is 2. The maximum atomic E-state index is 12.6. The van der Waals surface area contributed by atoms with Crippen molar-refractivity contribution in [2.75, 3.05) is 13.1 Å². The fraction of sp³-hybridized carbons (Fsp3) is 0.357. The molecule has 0 radical (unpaired) electrons. The molecule has 1 aromatic heterocycles. The van der Waals surface area contributed by atoms with Crippen LogP contribution in [0.1, 0.15) is 23.7 Å². The fourth-order valence-corrected chi connectivity index (χ4v) is 2.61. The average molecular weight is 272 g/mol. The van der Waals surface area contributed by atoms with Gasteiger partial charge in [0, 0.05) is 24.0 Å². The first-order chi connectivity index (χ1) is 9.70. The molecule has 104 valence electrons. The molecule has 0 saturated carbocycles. The first-order valence-electron chi connectivity index (χ1n) is 6.72. The number of carbonyl (C=O) groups excluding carboxylic acids is 2. The van der Waals surface area contributed by atoms with E-state index in [-0.39, 0.29) is 17.9 Å². The lowest BCUT2D eigenvalue weighted by Gasteiger charge is -2.34. The summed E-state index contributed by atoms with van der Waals surface area (Å²) in [4.78, 5) is 26.1. The number of aromatic amines is 1. The van der Waals surface area contributed by atoms with E-state index in [4.69, 9.17) is 0 Å².